The van der Waals surface area contributed by atoms with E-state index in [1.165, 1.54) is 71.1 Å². The summed E-state index contributed by atoms with van der Waals surface area (Å²) in [6.07, 6.45) is 14.8. The number of hydrogen-bond acceptors (Lipinski definition) is 3. The van der Waals surface area contributed by atoms with E-state index < -0.39 is 0 Å². The van der Waals surface area contributed by atoms with Crippen LogP contribution in [0, 0.1) is 0 Å². The molecule has 0 heterocycles. The number of carbonyl (C=O) groups is 1. The normalized spacial score (nSPS) is 10.9. The number of hydrogen-bond donors (Lipinski definition) is 0. The second-order valence-corrected chi connectivity index (χ2v) is 5.47. The number of hydroxylamine groups is 2. The summed E-state index contributed by atoms with van der Waals surface area (Å²) in [5.74, 6) is -0.231. The first-order chi connectivity index (χ1) is 9.16. The summed E-state index contributed by atoms with van der Waals surface area (Å²) in [4.78, 5) is 15.6. The molecule has 0 rings (SSSR count). The molecule has 3 nitrogen and oxygen atoms in total. The van der Waals surface area contributed by atoms with Gasteiger partial charge in [0.25, 0.3) is 0 Å². The number of nitrogens with zero attached hydrogens (tertiary/aromatic N) is 1. The molecule has 0 spiro atoms. The molecule has 0 aliphatic heterocycles. The molecular formula is C16H33NO2. The second kappa shape index (κ2) is 13.9. The van der Waals surface area contributed by atoms with Crippen LogP contribution in [0.15, 0.2) is 0 Å². The highest BCUT2D eigenvalue weighted by molar-refractivity contribution is 5.65. The van der Waals surface area contributed by atoms with Crippen LogP contribution in [-0.4, -0.2) is 24.6 Å². The Morgan fingerprint density at radius 1 is 0.842 bits per heavy atom. The van der Waals surface area contributed by atoms with E-state index in [1.54, 1.807) is 5.06 Å². The predicted octanol–water partition coefficient (Wildman–Crippen LogP) is 4.71. The minimum atomic E-state index is -0.231. The van der Waals surface area contributed by atoms with Gasteiger partial charge in [0.1, 0.15) is 0 Å². The van der Waals surface area contributed by atoms with Crippen LogP contribution in [0.4, 0.5) is 0 Å². The van der Waals surface area contributed by atoms with Gasteiger partial charge >= 0.3 is 5.97 Å². The van der Waals surface area contributed by atoms with Crippen molar-refractivity contribution in [3.05, 3.63) is 0 Å². The fourth-order valence-electron chi connectivity index (χ4n) is 2.26. The summed E-state index contributed by atoms with van der Waals surface area (Å²) in [6, 6.07) is 0. The Bertz CT molecular complexity index is 207. The molecule has 0 aliphatic rings. The molecule has 0 N–H and O–H groups in total. The Hall–Kier alpha value is -0.570. The van der Waals surface area contributed by atoms with Gasteiger partial charge in [-0.25, -0.2) is 0 Å². The van der Waals surface area contributed by atoms with Gasteiger partial charge in [-0.05, 0) is 6.42 Å². The van der Waals surface area contributed by atoms with E-state index >= 15 is 0 Å². The monoisotopic (exact) mass is 271 g/mol. The molecule has 0 bridgehead atoms. The summed E-state index contributed by atoms with van der Waals surface area (Å²) < 4.78 is 0. The van der Waals surface area contributed by atoms with Crippen LogP contribution >= 0.6 is 0 Å². The Morgan fingerprint density at radius 2 is 1.26 bits per heavy atom. The van der Waals surface area contributed by atoms with Crippen molar-refractivity contribution in [1.82, 2.24) is 5.06 Å². The number of rotatable bonds is 13. The lowest BCUT2D eigenvalue weighted by molar-refractivity contribution is -0.181. The molecule has 19 heavy (non-hydrogen) atoms. The van der Waals surface area contributed by atoms with E-state index in [1.807, 2.05) is 7.05 Å². The number of unbranched alkanes of at least 4 members (excludes halogenated alkanes) is 10. The fourth-order valence-corrected chi connectivity index (χ4v) is 2.26. The first kappa shape index (κ1) is 18.4. The Balaban J connectivity index is 3.08. The fraction of sp³-hybridized carbons (Fsp3) is 0.938. The van der Waals surface area contributed by atoms with E-state index in [9.17, 15) is 4.79 Å². The van der Waals surface area contributed by atoms with Crippen LogP contribution in [0.3, 0.4) is 0 Å². The summed E-state index contributed by atoms with van der Waals surface area (Å²) >= 11 is 0. The van der Waals surface area contributed by atoms with Crippen molar-refractivity contribution in [2.45, 2.75) is 84.5 Å². The van der Waals surface area contributed by atoms with Crippen molar-refractivity contribution in [1.29, 1.82) is 0 Å². The third-order valence-electron chi connectivity index (χ3n) is 3.36. The van der Waals surface area contributed by atoms with E-state index in [-0.39, 0.29) is 5.97 Å². The molecule has 0 aromatic rings. The van der Waals surface area contributed by atoms with Crippen LogP contribution in [0.25, 0.3) is 0 Å². The average molecular weight is 271 g/mol. The molecule has 0 saturated heterocycles. The van der Waals surface area contributed by atoms with Crippen LogP contribution in [0.1, 0.15) is 84.5 Å². The third kappa shape index (κ3) is 15.4. The highest BCUT2D eigenvalue weighted by atomic mass is 16.7. The molecule has 0 amide bonds. The number of carbonyl (C=O) groups excluding carboxylic acids is 1. The van der Waals surface area contributed by atoms with Gasteiger partial charge in [-0.2, -0.15) is 0 Å². The lowest BCUT2D eigenvalue weighted by Crippen LogP contribution is -2.22. The van der Waals surface area contributed by atoms with Crippen molar-refractivity contribution in [2.24, 2.45) is 0 Å². The third-order valence-corrected chi connectivity index (χ3v) is 3.36. The van der Waals surface area contributed by atoms with Crippen molar-refractivity contribution in [2.75, 3.05) is 13.6 Å². The van der Waals surface area contributed by atoms with Gasteiger partial charge in [-0.1, -0.05) is 71.1 Å². The summed E-state index contributed by atoms with van der Waals surface area (Å²) in [6.45, 7) is 4.55. The second-order valence-electron chi connectivity index (χ2n) is 5.47. The maximum Gasteiger partial charge on any atom is 0.322 e. The molecule has 0 aromatic heterocycles. The Labute approximate surface area is 119 Å². The minimum absolute atomic E-state index is 0.231. The SMILES string of the molecule is CCCCCCCCCCCCCN(C)OC(C)=O. The maximum absolute atomic E-state index is 10.7. The molecule has 0 unspecified atom stereocenters. The van der Waals surface area contributed by atoms with Gasteiger partial charge in [-0.3, -0.25) is 4.79 Å². The molecule has 0 aliphatic carbocycles. The van der Waals surface area contributed by atoms with Crippen LogP contribution in [-0.2, 0) is 9.63 Å². The molecule has 0 radical (unpaired) electrons. The summed E-state index contributed by atoms with van der Waals surface area (Å²) in [7, 11) is 1.82. The quantitative estimate of drug-likeness (QED) is 0.359. The standard InChI is InChI=1S/C16H33NO2/c1-4-5-6-7-8-9-10-11-12-13-14-15-17(3)19-16(2)18/h4-15H2,1-3H3. The minimum Gasteiger partial charge on any atom is -0.369 e. The molecule has 0 saturated carbocycles. The van der Waals surface area contributed by atoms with E-state index in [0.717, 1.165) is 13.0 Å². The Morgan fingerprint density at radius 3 is 1.68 bits per heavy atom. The highest BCUT2D eigenvalue weighted by Crippen LogP contribution is 2.11. The lowest BCUT2D eigenvalue weighted by Gasteiger charge is -2.14. The zero-order chi connectivity index (χ0) is 14.3. The van der Waals surface area contributed by atoms with Gasteiger partial charge in [0, 0.05) is 20.5 Å². The van der Waals surface area contributed by atoms with Crippen LogP contribution in [0.5, 0.6) is 0 Å². The van der Waals surface area contributed by atoms with Gasteiger partial charge < -0.3 is 4.84 Å². The predicted molar refractivity (Wildman–Crippen MR) is 80.9 cm³/mol. The van der Waals surface area contributed by atoms with E-state index in [0.29, 0.717) is 0 Å². The molecule has 0 fully saturated rings. The van der Waals surface area contributed by atoms with Crippen molar-refractivity contribution in [3.8, 4) is 0 Å². The molecule has 114 valence electrons. The molecule has 0 aromatic carbocycles. The first-order valence-electron chi connectivity index (χ1n) is 8.06. The Kier molecular flexibility index (Phi) is 13.4. The van der Waals surface area contributed by atoms with Gasteiger partial charge in [-0.15, -0.1) is 5.06 Å². The highest BCUT2D eigenvalue weighted by Gasteiger charge is 2.01. The van der Waals surface area contributed by atoms with Crippen molar-refractivity contribution >= 4 is 5.97 Å². The van der Waals surface area contributed by atoms with Crippen LogP contribution < -0.4 is 0 Å². The summed E-state index contributed by atoms with van der Waals surface area (Å²) in [5.41, 5.74) is 0. The smallest absolute Gasteiger partial charge is 0.322 e. The average Bonchev–Trinajstić information content (AvgIpc) is 2.35. The zero-order valence-electron chi connectivity index (χ0n) is 13.2. The molecule has 3 heteroatoms. The van der Waals surface area contributed by atoms with Crippen LogP contribution in [0.2, 0.25) is 0 Å². The lowest BCUT2D eigenvalue weighted by atomic mass is 10.1. The first-order valence-corrected chi connectivity index (χ1v) is 8.06. The zero-order valence-corrected chi connectivity index (χ0v) is 13.2. The van der Waals surface area contributed by atoms with Gasteiger partial charge in [0.15, 0.2) is 0 Å². The van der Waals surface area contributed by atoms with E-state index in [4.69, 9.17) is 4.84 Å². The van der Waals surface area contributed by atoms with Crippen molar-refractivity contribution in [3.63, 3.8) is 0 Å². The van der Waals surface area contributed by atoms with Crippen molar-refractivity contribution < 1.29 is 9.63 Å². The topological polar surface area (TPSA) is 29.5 Å². The summed E-state index contributed by atoms with van der Waals surface area (Å²) in [5, 5.41) is 1.63. The molecular weight excluding hydrogens is 238 g/mol. The maximum atomic E-state index is 10.7. The molecule has 0 atom stereocenters. The van der Waals surface area contributed by atoms with Gasteiger partial charge in [0.2, 0.25) is 0 Å². The largest absolute Gasteiger partial charge is 0.369 e. The van der Waals surface area contributed by atoms with Gasteiger partial charge in [0.05, 0.1) is 0 Å². The van der Waals surface area contributed by atoms with E-state index in [2.05, 4.69) is 6.92 Å².